The van der Waals surface area contributed by atoms with Gasteiger partial charge in [-0.1, -0.05) is 13.8 Å². The molecule has 1 fully saturated rings. The second-order valence-corrected chi connectivity index (χ2v) is 5.14. The molecule has 0 aromatic carbocycles. The maximum absolute atomic E-state index is 11.8. The summed E-state index contributed by atoms with van der Waals surface area (Å²) in [4.78, 5) is 11.8. The zero-order chi connectivity index (χ0) is 12.2. The quantitative estimate of drug-likeness (QED) is 0.754. The smallest absolute Gasteiger partial charge is 0.225 e. The van der Waals surface area contributed by atoms with Crippen molar-refractivity contribution in [3.63, 3.8) is 0 Å². The molecule has 2 N–H and O–H groups in total. The third-order valence-corrected chi connectivity index (χ3v) is 3.40. The SMILES string of the molecule is CC(C)C(C)(O)CNC(=O)C1CCCOC1. The molecule has 1 heterocycles. The van der Waals surface area contributed by atoms with Gasteiger partial charge in [0, 0.05) is 13.2 Å². The number of amides is 1. The van der Waals surface area contributed by atoms with Gasteiger partial charge in [0.15, 0.2) is 0 Å². The zero-order valence-electron chi connectivity index (χ0n) is 10.5. The van der Waals surface area contributed by atoms with Crippen molar-refractivity contribution in [1.29, 1.82) is 0 Å². The Morgan fingerprint density at radius 1 is 1.62 bits per heavy atom. The molecule has 0 aliphatic carbocycles. The van der Waals surface area contributed by atoms with Crippen LogP contribution < -0.4 is 5.32 Å². The van der Waals surface area contributed by atoms with E-state index in [-0.39, 0.29) is 17.7 Å². The molecule has 0 radical (unpaired) electrons. The molecule has 2 atom stereocenters. The second-order valence-electron chi connectivity index (χ2n) is 5.14. The predicted octanol–water partition coefficient (Wildman–Crippen LogP) is 0.936. The first-order chi connectivity index (χ1) is 7.43. The lowest BCUT2D eigenvalue weighted by Gasteiger charge is -2.29. The number of rotatable bonds is 4. The molecular formula is C12H23NO3. The summed E-state index contributed by atoms with van der Waals surface area (Å²) in [5.41, 5.74) is -0.842. The Morgan fingerprint density at radius 2 is 2.31 bits per heavy atom. The molecule has 0 aromatic heterocycles. The van der Waals surface area contributed by atoms with Crippen molar-refractivity contribution < 1.29 is 14.6 Å². The van der Waals surface area contributed by atoms with Gasteiger partial charge >= 0.3 is 0 Å². The summed E-state index contributed by atoms with van der Waals surface area (Å²) in [6.07, 6.45) is 1.83. The average molecular weight is 229 g/mol. The number of carbonyl (C=O) groups is 1. The van der Waals surface area contributed by atoms with Crippen molar-refractivity contribution in [2.75, 3.05) is 19.8 Å². The maximum Gasteiger partial charge on any atom is 0.225 e. The van der Waals surface area contributed by atoms with Gasteiger partial charge in [0.25, 0.3) is 0 Å². The van der Waals surface area contributed by atoms with E-state index in [0.717, 1.165) is 19.4 Å². The summed E-state index contributed by atoms with van der Waals surface area (Å²) in [5, 5.41) is 12.8. The fourth-order valence-corrected chi connectivity index (χ4v) is 1.56. The Hall–Kier alpha value is -0.610. The number of aliphatic hydroxyl groups is 1. The van der Waals surface area contributed by atoms with Crippen LogP contribution in [0.15, 0.2) is 0 Å². The molecule has 0 saturated carbocycles. The summed E-state index contributed by atoms with van der Waals surface area (Å²) in [5.74, 6) is 0.0766. The van der Waals surface area contributed by atoms with Gasteiger partial charge in [-0.3, -0.25) is 4.79 Å². The van der Waals surface area contributed by atoms with Crippen molar-refractivity contribution in [3.05, 3.63) is 0 Å². The number of nitrogens with one attached hydrogen (secondary N) is 1. The Balaban J connectivity index is 2.34. The van der Waals surface area contributed by atoms with Crippen LogP contribution in [0.5, 0.6) is 0 Å². The Labute approximate surface area is 97.4 Å². The number of ether oxygens (including phenoxy) is 1. The highest BCUT2D eigenvalue weighted by Gasteiger charge is 2.28. The van der Waals surface area contributed by atoms with Crippen LogP contribution in [0.3, 0.4) is 0 Å². The summed E-state index contributed by atoms with van der Waals surface area (Å²) in [6, 6.07) is 0. The fraction of sp³-hybridized carbons (Fsp3) is 0.917. The molecule has 1 amide bonds. The Bertz CT molecular complexity index is 232. The van der Waals surface area contributed by atoms with Crippen molar-refractivity contribution in [1.82, 2.24) is 5.32 Å². The molecule has 1 aliphatic heterocycles. The van der Waals surface area contributed by atoms with Crippen LogP contribution in [0.4, 0.5) is 0 Å². The predicted molar refractivity (Wildman–Crippen MR) is 62.0 cm³/mol. The minimum atomic E-state index is -0.842. The topological polar surface area (TPSA) is 58.6 Å². The lowest BCUT2D eigenvalue weighted by Crippen LogP contribution is -2.46. The van der Waals surface area contributed by atoms with Gasteiger partial charge < -0.3 is 15.2 Å². The number of hydrogen-bond acceptors (Lipinski definition) is 3. The van der Waals surface area contributed by atoms with Crippen molar-refractivity contribution >= 4 is 5.91 Å². The van der Waals surface area contributed by atoms with E-state index in [1.54, 1.807) is 6.92 Å². The normalized spacial score (nSPS) is 25.2. The molecule has 4 heteroatoms. The van der Waals surface area contributed by atoms with Gasteiger partial charge in [-0.2, -0.15) is 0 Å². The Kier molecular flexibility index (Phi) is 4.74. The van der Waals surface area contributed by atoms with Gasteiger partial charge in [-0.05, 0) is 25.7 Å². The van der Waals surface area contributed by atoms with Crippen molar-refractivity contribution in [2.45, 2.75) is 39.2 Å². The summed E-state index contributed by atoms with van der Waals surface area (Å²) < 4.78 is 5.26. The molecule has 0 bridgehead atoms. The van der Waals surface area contributed by atoms with E-state index >= 15 is 0 Å². The van der Waals surface area contributed by atoms with Gasteiger partial charge in [0.05, 0.1) is 18.1 Å². The average Bonchev–Trinajstić information content (AvgIpc) is 2.27. The van der Waals surface area contributed by atoms with Crippen LogP contribution in [0.25, 0.3) is 0 Å². The largest absolute Gasteiger partial charge is 0.388 e. The van der Waals surface area contributed by atoms with Gasteiger partial charge in [0.2, 0.25) is 5.91 Å². The lowest BCUT2D eigenvalue weighted by atomic mass is 9.92. The van der Waals surface area contributed by atoms with Crippen LogP contribution in [-0.2, 0) is 9.53 Å². The van der Waals surface area contributed by atoms with E-state index in [1.165, 1.54) is 0 Å². The molecule has 1 rings (SSSR count). The first kappa shape index (κ1) is 13.5. The molecule has 16 heavy (non-hydrogen) atoms. The molecule has 4 nitrogen and oxygen atoms in total. The van der Waals surface area contributed by atoms with E-state index in [2.05, 4.69) is 5.32 Å². The molecule has 1 saturated heterocycles. The van der Waals surface area contributed by atoms with E-state index in [0.29, 0.717) is 13.2 Å². The third kappa shape index (κ3) is 3.76. The van der Waals surface area contributed by atoms with Gasteiger partial charge in [0.1, 0.15) is 0 Å². The van der Waals surface area contributed by atoms with E-state index < -0.39 is 5.60 Å². The number of carbonyl (C=O) groups excluding carboxylic acids is 1. The Morgan fingerprint density at radius 3 is 2.81 bits per heavy atom. The van der Waals surface area contributed by atoms with Crippen LogP contribution in [0, 0.1) is 11.8 Å². The molecule has 0 spiro atoms. The summed E-state index contributed by atoms with van der Waals surface area (Å²) in [7, 11) is 0. The highest BCUT2D eigenvalue weighted by Crippen LogP contribution is 2.16. The minimum Gasteiger partial charge on any atom is -0.388 e. The van der Waals surface area contributed by atoms with Crippen LogP contribution >= 0.6 is 0 Å². The first-order valence-electron chi connectivity index (χ1n) is 6.01. The molecular weight excluding hydrogens is 206 g/mol. The lowest BCUT2D eigenvalue weighted by molar-refractivity contribution is -0.130. The van der Waals surface area contributed by atoms with Gasteiger partial charge in [-0.25, -0.2) is 0 Å². The maximum atomic E-state index is 11.8. The second kappa shape index (κ2) is 5.64. The minimum absolute atomic E-state index is 0.000579. The standard InChI is InChI=1S/C12H23NO3/c1-9(2)12(3,15)8-13-11(14)10-5-4-6-16-7-10/h9-10,15H,4-8H2,1-3H3,(H,13,14). The van der Waals surface area contributed by atoms with Crippen LogP contribution in [0.1, 0.15) is 33.6 Å². The first-order valence-corrected chi connectivity index (χ1v) is 6.01. The highest BCUT2D eigenvalue weighted by molar-refractivity contribution is 5.78. The fourth-order valence-electron chi connectivity index (χ4n) is 1.56. The summed E-state index contributed by atoms with van der Waals surface area (Å²) >= 11 is 0. The monoisotopic (exact) mass is 229 g/mol. The van der Waals surface area contributed by atoms with Crippen molar-refractivity contribution in [3.8, 4) is 0 Å². The molecule has 94 valence electrons. The van der Waals surface area contributed by atoms with E-state index in [1.807, 2.05) is 13.8 Å². The molecule has 2 unspecified atom stereocenters. The van der Waals surface area contributed by atoms with Crippen molar-refractivity contribution in [2.24, 2.45) is 11.8 Å². The summed E-state index contributed by atoms with van der Waals surface area (Å²) in [6.45, 7) is 7.20. The molecule has 1 aliphatic rings. The molecule has 0 aromatic rings. The van der Waals surface area contributed by atoms with E-state index in [9.17, 15) is 9.90 Å². The van der Waals surface area contributed by atoms with E-state index in [4.69, 9.17) is 4.74 Å². The zero-order valence-corrected chi connectivity index (χ0v) is 10.5. The van der Waals surface area contributed by atoms with Gasteiger partial charge in [-0.15, -0.1) is 0 Å². The number of hydrogen-bond donors (Lipinski definition) is 2. The van der Waals surface area contributed by atoms with Crippen LogP contribution in [0.2, 0.25) is 0 Å². The van der Waals surface area contributed by atoms with Crippen LogP contribution in [-0.4, -0.2) is 36.4 Å². The highest BCUT2D eigenvalue weighted by atomic mass is 16.5. The third-order valence-electron chi connectivity index (χ3n) is 3.40.